The van der Waals surface area contributed by atoms with E-state index >= 15 is 0 Å². The van der Waals surface area contributed by atoms with Gasteiger partial charge in [-0.2, -0.15) is 0 Å². The molecule has 0 atom stereocenters. The Bertz CT molecular complexity index is 1510. The molecule has 12 heteroatoms. The molecule has 10 nitrogen and oxygen atoms in total. The van der Waals surface area contributed by atoms with Gasteiger partial charge in [0.15, 0.2) is 11.3 Å². The van der Waals surface area contributed by atoms with Gasteiger partial charge in [0.05, 0.1) is 11.4 Å². The predicted octanol–water partition coefficient (Wildman–Crippen LogP) is 7.20. The molecule has 0 aliphatic carbocycles. The number of carbonyl (C=O) groups is 1. The second-order valence-electron chi connectivity index (χ2n) is 12.0. The van der Waals surface area contributed by atoms with Gasteiger partial charge in [-0.25, -0.2) is 14.8 Å². The number of aromatic nitrogens is 4. The number of fused-ring (bicyclic) bond motifs is 2. The molecule has 2 aliphatic rings. The van der Waals surface area contributed by atoms with Crippen molar-refractivity contribution in [1.82, 2.24) is 18.8 Å². The van der Waals surface area contributed by atoms with E-state index in [0.29, 0.717) is 18.4 Å². The molecule has 0 saturated carbocycles. The highest BCUT2D eigenvalue weighted by atomic mass is 79.9. The zero-order chi connectivity index (χ0) is 30.4. The van der Waals surface area contributed by atoms with Crippen molar-refractivity contribution in [2.75, 3.05) is 49.7 Å². The molecule has 2 saturated heterocycles. The molecule has 6 heterocycles. The topological polar surface area (TPSA) is 94.6 Å². The van der Waals surface area contributed by atoms with E-state index < -0.39 is 5.60 Å². The van der Waals surface area contributed by atoms with Crippen LogP contribution in [0.3, 0.4) is 0 Å². The fourth-order valence-corrected chi connectivity index (χ4v) is 6.18. The summed E-state index contributed by atoms with van der Waals surface area (Å²) in [5, 5.41) is 3.52. The van der Waals surface area contributed by atoms with Gasteiger partial charge in [-0.1, -0.05) is 0 Å². The van der Waals surface area contributed by atoms with E-state index in [4.69, 9.17) is 14.2 Å². The Balaban J connectivity index is 0.000000180. The van der Waals surface area contributed by atoms with Gasteiger partial charge in [-0.15, -0.1) is 0 Å². The number of rotatable bonds is 6. The van der Waals surface area contributed by atoms with E-state index in [-0.39, 0.29) is 6.09 Å². The highest BCUT2D eigenvalue weighted by Gasteiger charge is 2.29. The Hall–Kier alpha value is -2.67. The number of nitrogens with zero attached hydrogens (tertiary/aromatic N) is 5. The Morgan fingerprint density at radius 3 is 2.12 bits per heavy atom. The molecule has 232 valence electrons. The summed E-state index contributed by atoms with van der Waals surface area (Å²) in [6.07, 6.45) is 15.1. The quantitative estimate of drug-likeness (QED) is 0.225. The molecule has 4 aromatic heterocycles. The van der Waals surface area contributed by atoms with Gasteiger partial charge in [-0.05, 0) is 102 Å². The highest BCUT2D eigenvalue weighted by molar-refractivity contribution is 9.10. The van der Waals surface area contributed by atoms with E-state index in [1.165, 1.54) is 0 Å². The van der Waals surface area contributed by atoms with Crippen molar-refractivity contribution in [3.8, 4) is 0 Å². The Kier molecular flexibility index (Phi) is 10.6. The number of amides is 1. The van der Waals surface area contributed by atoms with Crippen molar-refractivity contribution >= 4 is 60.6 Å². The highest BCUT2D eigenvalue weighted by Crippen LogP contribution is 2.29. The zero-order valence-corrected chi connectivity index (χ0v) is 28.1. The SMILES string of the molecule is Brc1cc(NCC2CCOCC2)c2nccn2c1.CC(C)(C)OC(=O)N(CC1CCOCC1)c1cc(Br)cn2ccnc12. The van der Waals surface area contributed by atoms with Crippen molar-refractivity contribution in [1.29, 1.82) is 0 Å². The zero-order valence-electron chi connectivity index (χ0n) is 25.0. The molecule has 0 unspecified atom stereocenters. The fourth-order valence-electron chi connectivity index (χ4n) is 5.29. The van der Waals surface area contributed by atoms with E-state index in [2.05, 4.69) is 53.2 Å². The minimum absolute atomic E-state index is 0.345. The first-order valence-electron chi connectivity index (χ1n) is 14.8. The van der Waals surface area contributed by atoms with Crippen LogP contribution in [0.15, 0.2) is 58.3 Å². The molecule has 6 rings (SSSR count). The predicted molar refractivity (Wildman–Crippen MR) is 175 cm³/mol. The molecule has 0 spiro atoms. The average molecular weight is 721 g/mol. The number of imidazole rings is 2. The largest absolute Gasteiger partial charge is 0.443 e. The van der Waals surface area contributed by atoms with Crippen LogP contribution in [0.25, 0.3) is 11.3 Å². The van der Waals surface area contributed by atoms with Crippen LogP contribution in [-0.4, -0.2) is 70.0 Å². The number of ether oxygens (including phenoxy) is 3. The van der Waals surface area contributed by atoms with Gasteiger partial charge < -0.3 is 28.3 Å². The third-order valence-corrected chi connectivity index (χ3v) is 8.36. The maximum Gasteiger partial charge on any atom is 0.414 e. The third kappa shape index (κ3) is 8.71. The summed E-state index contributed by atoms with van der Waals surface area (Å²) in [5.74, 6) is 1.09. The average Bonchev–Trinajstić information content (AvgIpc) is 3.64. The van der Waals surface area contributed by atoms with Crippen LogP contribution in [0.5, 0.6) is 0 Å². The molecule has 0 radical (unpaired) electrons. The molecule has 4 aromatic rings. The third-order valence-electron chi connectivity index (χ3n) is 7.50. The molecular formula is C31H40Br2N6O4. The minimum Gasteiger partial charge on any atom is -0.443 e. The van der Waals surface area contributed by atoms with Crippen molar-refractivity contribution in [2.24, 2.45) is 11.8 Å². The molecule has 43 heavy (non-hydrogen) atoms. The summed E-state index contributed by atoms with van der Waals surface area (Å²) in [6.45, 7) is 10.5. The van der Waals surface area contributed by atoms with Crippen LogP contribution in [-0.2, 0) is 14.2 Å². The number of hydrogen-bond donors (Lipinski definition) is 1. The number of halogens is 2. The van der Waals surface area contributed by atoms with E-state index in [0.717, 1.165) is 90.3 Å². The van der Waals surface area contributed by atoms with E-state index in [1.807, 2.05) is 66.6 Å². The van der Waals surface area contributed by atoms with Crippen LogP contribution in [0.4, 0.5) is 16.2 Å². The molecular weight excluding hydrogens is 680 g/mol. The molecule has 0 aromatic carbocycles. The van der Waals surface area contributed by atoms with Crippen molar-refractivity contribution in [3.05, 3.63) is 58.3 Å². The number of carbonyl (C=O) groups excluding carboxylic acids is 1. The first-order valence-corrected chi connectivity index (χ1v) is 16.4. The summed E-state index contributed by atoms with van der Waals surface area (Å²) < 4.78 is 22.4. The van der Waals surface area contributed by atoms with Crippen molar-refractivity contribution in [2.45, 2.75) is 52.1 Å². The van der Waals surface area contributed by atoms with Gasteiger partial charge in [-0.3, -0.25) is 4.90 Å². The Labute approximate surface area is 269 Å². The second kappa shape index (κ2) is 14.4. The normalized spacial score (nSPS) is 16.6. The van der Waals surface area contributed by atoms with Crippen LogP contribution in [0.2, 0.25) is 0 Å². The summed E-state index contributed by atoms with van der Waals surface area (Å²) in [7, 11) is 0. The van der Waals surface area contributed by atoms with Crippen LogP contribution in [0, 0.1) is 11.8 Å². The number of hydrogen-bond acceptors (Lipinski definition) is 7. The monoisotopic (exact) mass is 718 g/mol. The lowest BCUT2D eigenvalue weighted by atomic mass is 9.99. The standard InChI is InChI=1S/C18H24BrN3O3.C13H16BrN3O/c1-18(2,3)25-17(23)22(11-13-4-8-24-9-5-13)15-10-14(19)12-21-7-6-20-16(15)21;14-11-7-12(13-15-3-4-17(13)9-11)16-8-10-1-5-18-6-2-10/h6-7,10,12-13H,4-5,8-9,11H2,1-3H3;3-4,7,9-10,16H,1-2,5-6,8H2. The Morgan fingerprint density at radius 1 is 0.930 bits per heavy atom. The van der Waals surface area contributed by atoms with Gasteiger partial charge in [0.2, 0.25) is 0 Å². The minimum atomic E-state index is -0.553. The summed E-state index contributed by atoms with van der Waals surface area (Å²) in [4.78, 5) is 23.4. The first-order chi connectivity index (χ1) is 20.7. The van der Waals surface area contributed by atoms with E-state index in [1.54, 1.807) is 11.1 Å². The fraction of sp³-hybridized carbons (Fsp3) is 0.516. The number of pyridine rings is 2. The summed E-state index contributed by atoms with van der Waals surface area (Å²) >= 11 is 7.05. The first kappa shape index (κ1) is 31.7. The van der Waals surface area contributed by atoms with E-state index in [9.17, 15) is 4.79 Å². The summed E-state index contributed by atoms with van der Waals surface area (Å²) in [6, 6.07) is 4.01. The van der Waals surface area contributed by atoms with Crippen LogP contribution in [0.1, 0.15) is 46.5 Å². The molecule has 1 N–H and O–H groups in total. The molecule has 2 fully saturated rings. The van der Waals surface area contributed by atoms with Gasteiger partial charge in [0, 0.05) is 85.6 Å². The smallest absolute Gasteiger partial charge is 0.414 e. The lowest BCUT2D eigenvalue weighted by Crippen LogP contribution is -2.41. The molecule has 1 amide bonds. The molecule has 0 bridgehead atoms. The van der Waals surface area contributed by atoms with Crippen molar-refractivity contribution in [3.63, 3.8) is 0 Å². The summed E-state index contributed by atoms with van der Waals surface area (Å²) in [5.41, 5.74) is 3.00. The van der Waals surface area contributed by atoms with Crippen LogP contribution >= 0.6 is 31.9 Å². The van der Waals surface area contributed by atoms with Crippen molar-refractivity contribution < 1.29 is 19.0 Å². The number of anilines is 2. The van der Waals surface area contributed by atoms with Gasteiger partial charge in [0.25, 0.3) is 0 Å². The Morgan fingerprint density at radius 2 is 1.49 bits per heavy atom. The number of nitrogens with one attached hydrogen (secondary N) is 1. The maximum atomic E-state index is 12.9. The lowest BCUT2D eigenvalue weighted by molar-refractivity contribution is 0.0515. The van der Waals surface area contributed by atoms with Gasteiger partial charge in [0.1, 0.15) is 5.60 Å². The second-order valence-corrected chi connectivity index (χ2v) is 13.8. The maximum absolute atomic E-state index is 12.9. The van der Waals surface area contributed by atoms with Crippen LogP contribution < -0.4 is 10.2 Å². The lowest BCUT2D eigenvalue weighted by Gasteiger charge is -2.32. The molecule has 2 aliphatic heterocycles. The van der Waals surface area contributed by atoms with Gasteiger partial charge >= 0.3 is 6.09 Å².